The van der Waals surface area contributed by atoms with Crippen LogP contribution in [0.15, 0.2) is 40.9 Å². The molecule has 20 heavy (non-hydrogen) atoms. The quantitative estimate of drug-likeness (QED) is 0.837. The lowest BCUT2D eigenvalue weighted by atomic mass is 9.91. The minimum atomic E-state index is -0.175. The molecule has 0 aliphatic carbocycles. The van der Waals surface area contributed by atoms with Gasteiger partial charge in [-0.15, -0.1) is 0 Å². The van der Waals surface area contributed by atoms with Gasteiger partial charge in [-0.05, 0) is 60.8 Å². The molecular weight excluding hydrogens is 317 g/mol. The third kappa shape index (κ3) is 3.10. The highest BCUT2D eigenvalue weighted by atomic mass is 79.9. The maximum atomic E-state index is 13.5. The highest BCUT2D eigenvalue weighted by Gasteiger charge is 2.20. The van der Waals surface area contributed by atoms with Gasteiger partial charge in [0.15, 0.2) is 0 Å². The van der Waals surface area contributed by atoms with Crippen LogP contribution in [0.5, 0.6) is 0 Å². The lowest BCUT2D eigenvalue weighted by Crippen LogP contribution is -2.24. The van der Waals surface area contributed by atoms with E-state index in [-0.39, 0.29) is 11.9 Å². The minimum absolute atomic E-state index is 0.0659. The molecule has 0 radical (unpaired) electrons. The average Bonchev–Trinajstić information content (AvgIpc) is 2.37. The van der Waals surface area contributed by atoms with E-state index in [4.69, 9.17) is 0 Å². The summed E-state index contributed by atoms with van der Waals surface area (Å²) >= 11 is 3.61. The van der Waals surface area contributed by atoms with E-state index in [0.717, 1.165) is 27.7 Å². The summed E-state index contributed by atoms with van der Waals surface area (Å²) in [6, 6.07) is 11.4. The Hall–Kier alpha value is -1.19. The van der Waals surface area contributed by atoms with Crippen molar-refractivity contribution in [2.45, 2.75) is 26.8 Å². The largest absolute Gasteiger partial charge is 0.306 e. The molecule has 0 fully saturated rings. The predicted octanol–water partition coefficient (Wildman–Crippen LogP) is 4.90. The molecule has 0 amide bonds. The van der Waals surface area contributed by atoms with Crippen molar-refractivity contribution in [1.29, 1.82) is 0 Å². The molecular formula is C17H19BrFN. The van der Waals surface area contributed by atoms with Gasteiger partial charge in [0.2, 0.25) is 0 Å². The molecule has 1 unspecified atom stereocenters. The van der Waals surface area contributed by atoms with Gasteiger partial charge in [0.25, 0.3) is 0 Å². The van der Waals surface area contributed by atoms with Gasteiger partial charge in [-0.1, -0.05) is 41.1 Å². The molecule has 1 nitrogen and oxygen atoms in total. The van der Waals surface area contributed by atoms with Crippen molar-refractivity contribution in [3.8, 4) is 0 Å². The molecule has 0 aliphatic heterocycles. The average molecular weight is 336 g/mol. The van der Waals surface area contributed by atoms with Crippen molar-refractivity contribution in [1.82, 2.24) is 5.32 Å². The van der Waals surface area contributed by atoms with Gasteiger partial charge < -0.3 is 5.32 Å². The lowest BCUT2D eigenvalue weighted by Gasteiger charge is -2.24. The van der Waals surface area contributed by atoms with Gasteiger partial charge in [-0.25, -0.2) is 4.39 Å². The molecule has 0 saturated heterocycles. The molecule has 0 aromatic heterocycles. The smallest absolute Gasteiger partial charge is 0.123 e. The van der Waals surface area contributed by atoms with Crippen molar-refractivity contribution in [2.75, 3.05) is 6.54 Å². The van der Waals surface area contributed by atoms with E-state index >= 15 is 0 Å². The molecule has 2 aromatic carbocycles. The number of hydrogen-bond acceptors (Lipinski definition) is 1. The van der Waals surface area contributed by atoms with Crippen molar-refractivity contribution >= 4 is 15.9 Å². The number of rotatable bonds is 4. The number of halogens is 2. The fourth-order valence-electron chi connectivity index (χ4n) is 2.66. The highest BCUT2D eigenvalue weighted by molar-refractivity contribution is 9.10. The number of benzene rings is 2. The first-order valence-electron chi connectivity index (χ1n) is 6.79. The second-order valence-electron chi connectivity index (χ2n) is 4.97. The summed E-state index contributed by atoms with van der Waals surface area (Å²) in [5.74, 6) is -0.175. The zero-order valence-electron chi connectivity index (χ0n) is 12.0. The molecule has 2 aromatic rings. The van der Waals surface area contributed by atoms with Gasteiger partial charge in [-0.2, -0.15) is 0 Å². The van der Waals surface area contributed by atoms with Gasteiger partial charge >= 0.3 is 0 Å². The molecule has 0 spiro atoms. The summed E-state index contributed by atoms with van der Waals surface area (Å²) < 4.78 is 14.6. The number of hydrogen-bond donors (Lipinski definition) is 1. The Morgan fingerprint density at radius 1 is 1.15 bits per heavy atom. The maximum Gasteiger partial charge on any atom is 0.123 e. The summed E-state index contributed by atoms with van der Waals surface area (Å²) in [5, 5.41) is 3.50. The third-order valence-corrected chi connectivity index (χ3v) is 4.19. The van der Waals surface area contributed by atoms with Crippen molar-refractivity contribution in [3.05, 3.63) is 68.9 Å². The van der Waals surface area contributed by atoms with E-state index in [1.807, 2.05) is 32.0 Å². The standard InChI is InChI=1S/C17H19BrFN/c1-4-20-17(14-7-5-6-8-15(14)18)16-11(2)9-13(19)10-12(16)3/h5-10,17,20H,4H2,1-3H3. The third-order valence-electron chi connectivity index (χ3n) is 3.47. The fourth-order valence-corrected chi connectivity index (χ4v) is 3.17. The SMILES string of the molecule is CCNC(c1ccccc1Br)c1c(C)cc(F)cc1C. The van der Waals surface area contributed by atoms with Crippen LogP contribution in [-0.2, 0) is 0 Å². The molecule has 2 rings (SSSR count). The summed E-state index contributed by atoms with van der Waals surface area (Å²) in [5.41, 5.74) is 4.28. The molecule has 0 saturated carbocycles. The van der Waals surface area contributed by atoms with Crippen LogP contribution < -0.4 is 5.32 Å². The first kappa shape index (κ1) is 15.2. The molecule has 0 aliphatic rings. The zero-order chi connectivity index (χ0) is 14.7. The number of nitrogens with one attached hydrogen (secondary N) is 1. The summed E-state index contributed by atoms with van der Waals surface area (Å²) in [7, 11) is 0. The Labute approximate surface area is 128 Å². The van der Waals surface area contributed by atoms with E-state index in [1.54, 1.807) is 12.1 Å². The van der Waals surface area contributed by atoms with Gasteiger partial charge in [-0.3, -0.25) is 0 Å². The predicted molar refractivity (Wildman–Crippen MR) is 85.5 cm³/mol. The van der Waals surface area contributed by atoms with Crippen LogP contribution in [0, 0.1) is 19.7 Å². The number of aryl methyl sites for hydroxylation is 2. The summed E-state index contributed by atoms with van der Waals surface area (Å²) in [6.07, 6.45) is 0. The first-order chi connectivity index (χ1) is 9.54. The van der Waals surface area contributed by atoms with Crippen LogP contribution >= 0.6 is 15.9 Å². The van der Waals surface area contributed by atoms with Crippen LogP contribution in [0.1, 0.15) is 35.2 Å². The molecule has 1 atom stereocenters. The van der Waals surface area contributed by atoms with E-state index < -0.39 is 0 Å². The fraction of sp³-hybridized carbons (Fsp3) is 0.294. The zero-order valence-corrected chi connectivity index (χ0v) is 13.6. The molecule has 0 bridgehead atoms. The van der Waals surface area contributed by atoms with Crippen molar-refractivity contribution < 1.29 is 4.39 Å². The molecule has 3 heteroatoms. The second-order valence-corrected chi connectivity index (χ2v) is 5.82. The topological polar surface area (TPSA) is 12.0 Å². The maximum absolute atomic E-state index is 13.5. The molecule has 1 N–H and O–H groups in total. The Bertz CT molecular complexity index is 587. The summed E-state index contributed by atoms with van der Waals surface area (Å²) in [6.45, 7) is 6.86. The van der Waals surface area contributed by atoms with Crippen LogP contribution in [0.25, 0.3) is 0 Å². The Morgan fingerprint density at radius 2 is 1.75 bits per heavy atom. The summed E-state index contributed by atoms with van der Waals surface area (Å²) in [4.78, 5) is 0. The molecule has 0 heterocycles. The second kappa shape index (κ2) is 6.51. The van der Waals surface area contributed by atoms with Crippen LogP contribution in [-0.4, -0.2) is 6.54 Å². The monoisotopic (exact) mass is 335 g/mol. The molecule has 106 valence electrons. The van der Waals surface area contributed by atoms with E-state index in [1.165, 1.54) is 5.56 Å². The first-order valence-corrected chi connectivity index (χ1v) is 7.58. The van der Waals surface area contributed by atoms with Gasteiger partial charge in [0.1, 0.15) is 5.82 Å². The van der Waals surface area contributed by atoms with Crippen LogP contribution in [0.3, 0.4) is 0 Å². The normalized spacial score (nSPS) is 12.4. The van der Waals surface area contributed by atoms with Crippen molar-refractivity contribution in [3.63, 3.8) is 0 Å². The van der Waals surface area contributed by atoms with E-state index in [9.17, 15) is 4.39 Å². The van der Waals surface area contributed by atoms with Crippen LogP contribution in [0.2, 0.25) is 0 Å². The van der Waals surface area contributed by atoms with E-state index in [2.05, 4.69) is 34.2 Å². The van der Waals surface area contributed by atoms with Gasteiger partial charge in [0.05, 0.1) is 6.04 Å². The van der Waals surface area contributed by atoms with Crippen LogP contribution in [0.4, 0.5) is 4.39 Å². The van der Waals surface area contributed by atoms with Gasteiger partial charge in [0, 0.05) is 4.47 Å². The van der Waals surface area contributed by atoms with E-state index in [0.29, 0.717) is 0 Å². The minimum Gasteiger partial charge on any atom is -0.306 e. The Kier molecular flexibility index (Phi) is 4.95. The lowest BCUT2D eigenvalue weighted by molar-refractivity contribution is 0.605. The highest BCUT2D eigenvalue weighted by Crippen LogP contribution is 2.32. The Balaban J connectivity index is 2.58. The van der Waals surface area contributed by atoms with Crippen molar-refractivity contribution in [2.24, 2.45) is 0 Å². The Morgan fingerprint density at radius 3 is 2.30 bits per heavy atom.